The molecule has 2 unspecified atom stereocenters. The van der Waals surface area contributed by atoms with Gasteiger partial charge in [-0.2, -0.15) is 17.2 Å². The predicted octanol–water partition coefficient (Wildman–Crippen LogP) is 7.57. The summed E-state index contributed by atoms with van der Waals surface area (Å²) < 4.78 is 76.9. The number of hydrogen-bond acceptors (Lipinski definition) is 5. The van der Waals surface area contributed by atoms with Crippen molar-refractivity contribution < 1.29 is 36.0 Å². The monoisotopic (exact) mass is 621 g/mol. The Labute approximate surface area is 250 Å². The first-order valence-electron chi connectivity index (χ1n) is 13.7. The second-order valence-electron chi connectivity index (χ2n) is 12.6. The Morgan fingerprint density at radius 2 is 1.40 bits per heavy atom. The molecule has 0 saturated carbocycles. The SMILES string of the molecule is CC(Oc1ccc([S+](c2ccc(C(C)(C)C)cc2)c2cccc(C3(C)OCC(C)(C)CO3)c2)cc1)C(F)(F)S(=O)(=O)O. The number of rotatable bonds is 8. The quantitative estimate of drug-likeness (QED) is 0.206. The van der Waals surface area contributed by atoms with Gasteiger partial charge >= 0.3 is 15.4 Å². The Morgan fingerprint density at radius 1 is 0.881 bits per heavy atom. The molecule has 228 valence electrons. The maximum absolute atomic E-state index is 14.1. The Hall–Kier alpha value is -2.50. The smallest absolute Gasteiger partial charge is 0.405 e. The summed E-state index contributed by atoms with van der Waals surface area (Å²) in [7, 11) is -6.23. The zero-order chi connectivity index (χ0) is 31.1. The minimum Gasteiger partial charge on any atom is -0.483 e. The Kier molecular flexibility index (Phi) is 8.90. The van der Waals surface area contributed by atoms with E-state index in [0.29, 0.717) is 13.2 Å². The summed E-state index contributed by atoms with van der Waals surface area (Å²) in [6.45, 7) is 14.6. The van der Waals surface area contributed by atoms with Crippen molar-refractivity contribution in [3.8, 4) is 5.75 Å². The molecular weight excluding hydrogens is 582 g/mol. The molecule has 0 aliphatic carbocycles. The summed E-state index contributed by atoms with van der Waals surface area (Å²) in [5.74, 6) is -0.850. The van der Waals surface area contributed by atoms with Crippen LogP contribution in [0.25, 0.3) is 0 Å². The molecule has 1 saturated heterocycles. The first-order chi connectivity index (χ1) is 19.3. The third kappa shape index (κ3) is 7.00. The van der Waals surface area contributed by atoms with E-state index in [1.807, 2.05) is 25.1 Å². The summed E-state index contributed by atoms with van der Waals surface area (Å²) in [5.41, 5.74) is 1.98. The molecule has 0 amide bonds. The molecule has 4 rings (SSSR count). The van der Waals surface area contributed by atoms with Crippen molar-refractivity contribution >= 4 is 21.0 Å². The van der Waals surface area contributed by atoms with Crippen LogP contribution in [0.3, 0.4) is 0 Å². The van der Waals surface area contributed by atoms with E-state index in [1.165, 1.54) is 17.7 Å². The van der Waals surface area contributed by atoms with E-state index in [9.17, 15) is 17.2 Å². The van der Waals surface area contributed by atoms with Gasteiger partial charge in [0.2, 0.25) is 0 Å². The van der Waals surface area contributed by atoms with Gasteiger partial charge in [-0.1, -0.05) is 58.9 Å². The molecule has 1 aliphatic heterocycles. The zero-order valence-electron chi connectivity index (χ0n) is 25.0. The van der Waals surface area contributed by atoms with Crippen LogP contribution in [0, 0.1) is 5.41 Å². The normalized spacial score (nSPS) is 18.7. The number of benzene rings is 3. The predicted molar refractivity (Wildman–Crippen MR) is 160 cm³/mol. The number of halogens is 2. The fraction of sp³-hybridized carbons (Fsp3) is 0.438. The van der Waals surface area contributed by atoms with Crippen LogP contribution in [0.15, 0.2) is 87.5 Å². The maximum Gasteiger partial charge on any atom is 0.405 e. The highest BCUT2D eigenvalue weighted by atomic mass is 32.2. The molecule has 1 aliphatic rings. The van der Waals surface area contributed by atoms with E-state index in [2.05, 4.69) is 65.0 Å². The standard InChI is InChI=1S/C32H38F2O6S2/c1-22(32(33,34)42(35,36)37)40-25-13-17-27(18-14-25)41(26-15-11-23(12-16-26)29(2,3)4)28-10-8-9-24(19-28)31(7)38-20-30(5,6)21-39-31/h8-19,22H,20-21H2,1-7H3/p+1. The zero-order valence-corrected chi connectivity index (χ0v) is 26.6. The first kappa shape index (κ1) is 32.4. The molecule has 0 radical (unpaired) electrons. The van der Waals surface area contributed by atoms with E-state index in [-0.39, 0.29) is 16.6 Å². The third-order valence-corrected chi connectivity index (χ3v) is 10.4. The topological polar surface area (TPSA) is 82.1 Å². The van der Waals surface area contributed by atoms with Gasteiger partial charge in [-0.05, 0) is 67.3 Å². The summed E-state index contributed by atoms with van der Waals surface area (Å²) in [6.07, 6.45) is -2.10. The molecule has 10 heteroatoms. The van der Waals surface area contributed by atoms with Crippen LogP contribution in [0.5, 0.6) is 5.75 Å². The van der Waals surface area contributed by atoms with Gasteiger partial charge in [0.25, 0.3) is 0 Å². The second kappa shape index (κ2) is 11.5. The Balaban J connectivity index is 1.72. The van der Waals surface area contributed by atoms with Crippen molar-refractivity contribution in [2.75, 3.05) is 13.2 Å². The van der Waals surface area contributed by atoms with Crippen molar-refractivity contribution in [1.82, 2.24) is 0 Å². The van der Waals surface area contributed by atoms with E-state index < -0.39 is 38.2 Å². The number of alkyl halides is 2. The van der Waals surface area contributed by atoms with Crippen molar-refractivity contribution in [1.29, 1.82) is 0 Å². The maximum atomic E-state index is 14.1. The summed E-state index contributed by atoms with van der Waals surface area (Å²) in [6, 6.07) is 23.1. The third-order valence-electron chi connectivity index (χ3n) is 7.22. The van der Waals surface area contributed by atoms with Crippen LogP contribution in [-0.2, 0) is 41.7 Å². The van der Waals surface area contributed by atoms with E-state index in [0.717, 1.165) is 27.2 Å². The Bertz CT molecular complexity index is 1490. The van der Waals surface area contributed by atoms with E-state index in [1.54, 1.807) is 12.1 Å². The van der Waals surface area contributed by atoms with Crippen molar-refractivity contribution in [2.24, 2.45) is 5.41 Å². The fourth-order valence-electron chi connectivity index (χ4n) is 4.46. The summed E-state index contributed by atoms with van der Waals surface area (Å²) in [4.78, 5) is 2.96. The minimum atomic E-state index is -5.63. The van der Waals surface area contributed by atoms with Gasteiger partial charge in [0.1, 0.15) is 5.75 Å². The molecular formula is C32H39F2O6S2+. The molecule has 3 aromatic carbocycles. The lowest BCUT2D eigenvalue weighted by Gasteiger charge is -2.41. The molecule has 1 fully saturated rings. The largest absolute Gasteiger partial charge is 0.483 e. The molecule has 0 bridgehead atoms. The van der Waals surface area contributed by atoms with Gasteiger partial charge < -0.3 is 14.2 Å². The van der Waals surface area contributed by atoms with Gasteiger partial charge in [-0.25, -0.2) is 0 Å². The first-order valence-corrected chi connectivity index (χ1v) is 16.3. The number of hydrogen-bond donors (Lipinski definition) is 1. The van der Waals surface area contributed by atoms with Gasteiger partial charge in [-0.15, -0.1) is 0 Å². The van der Waals surface area contributed by atoms with Crippen LogP contribution in [0.1, 0.15) is 59.6 Å². The number of ether oxygens (including phenoxy) is 3. The average Bonchev–Trinajstić information content (AvgIpc) is 2.91. The van der Waals surface area contributed by atoms with Crippen LogP contribution in [-0.4, -0.2) is 37.5 Å². The molecule has 42 heavy (non-hydrogen) atoms. The Morgan fingerprint density at radius 3 is 1.90 bits per heavy atom. The van der Waals surface area contributed by atoms with Crippen molar-refractivity contribution in [2.45, 2.75) is 85.7 Å². The lowest BCUT2D eigenvalue weighted by molar-refractivity contribution is -0.298. The van der Waals surface area contributed by atoms with Gasteiger partial charge in [0.15, 0.2) is 26.6 Å². The highest BCUT2D eigenvalue weighted by Gasteiger charge is 2.51. The van der Waals surface area contributed by atoms with Crippen LogP contribution in [0.2, 0.25) is 0 Å². The molecule has 2 atom stereocenters. The van der Waals surface area contributed by atoms with Gasteiger partial charge in [0, 0.05) is 17.0 Å². The fourth-order valence-corrected chi connectivity index (χ4v) is 7.02. The molecule has 1 N–H and O–H groups in total. The van der Waals surface area contributed by atoms with Gasteiger partial charge in [0.05, 0.1) is 24.1 Å². The molecule has 1 heterocycles. The van der Waals surface area contributed by atoms with Gasteiger partial charge in [-0.3, -0.25) is 4.55 Å². The van der Waals surface area contributed by atoms with Crippen LogP contribution < -0.4 is 4.74 Å². The van der Waals surface area contributed by atoms with Crippen LogP contribution >= 0.6 is 0 Å². The van der Waals surface area contributed by atoms with E-state index >= 15 is 0 Å². The lowest BCUT2D eigenvalue weighted by Crippen LogP contribution is -2.43. The minimum absolute atomic E-state index is 0.0190. The average molecular weight is 622 g/mol. The van der Waals surface area contributed by atoms with Crippen molar-refractivity contribution in [3.63, 3.8) is 0 Å². The summed E-state index contributed by atoms with van der Waals surface area (Å²) >= 11 is 0. The highest BCUT2D eigenvalue weighted by molar-refractivity contribution is 7.97. The van der Waals surface area contributed by atoms with Crippen LogP contribution in [0.4, 0.5) is 8.78 Å². The molecule has 3 aromatic rings. The molecule has 6 nitrogen and oxygen atoms in total. The molecule has 0 aromatic heterocycles. The second-order valence-corrected chi connectivity index (χ2v) is 16.1. The van der Waals surface area contributed by atoms with Crippen molar-refractivity contribution in [3.05, 3.63) is 83.9 Å². The van der Waals surface area contributed by atoms with E-state index in [4.69, 9.17) is 18.8 Å². The summed E-state index contributed by atoms with van der Waals surface area (Å²) in [5, 5.41) is -4.46. The lowest BCUT2D eigenvalue weighted by atomic mass is 9.87. The molecule has 0 spiro atoms. The highest BCUT2D eigenvalue weighted by Crippen LogP contribution is 2.40.